The van der Waals surface area contributed by atoms with E-state index >= 15 is 0 Å². The first-order valence-electron chi connectivity index (χ1n) is 8.17. The minimum absolute atomic E-state index is 0.193. The van der Waals surface area contributed by atoms with Crippen LogP contribution in [0.3, 0.4) is 0 Å². The van der Waals surface area contributed by atoms with Crippen LogP contribution >= 0.6 is 15.9 Å². The number of nitrogens with one attached hydrogen (secondary N) is 1. The number of ether oxygens (including phenoxy) is 2. The molecule has 0 saturated heterocycles. The van der Waals surface area contributed by atoms with Crippen molar-refractivity contribution in [1.82, 2.24) is 0 Å². The van der Waals surface area contributed by atoms with Gasteiger partial charge in [-0.2, -0.15) is 0 Å². The molecule has 3 rings (SSSR count). The second-order valence-electron chi connectivity index (χ2n) is 5.75. The quantitative estimate of drug-likeness (QED) is 0.568. The molecule has 3 aromatic carbocycles. The molecule has 0 bridgehead atoms. The van der Waals surface area contributed by atoms with Gasteiger partial charge in [-0.3, -0.25) is 4.79 Å². The lowest BCUT2D eigenvalue weighted by Crippen LogP contribution is -2.12. The molecule has 138 valence electrons. The number of methoxy groups -OCH3 is 1. The Balaban J connectivity index is 1.71. The molecule has 0 aliphatic heterocycles. The number of benzene rings is 3. The number of carbonyl (C=O) groups excluding carboxylic acids is 1. The largest absolute Gasteiger partial charge is 0.493 e. The fraction of sp³-hybridized carbons (Fsp3) is 0.0952. The molecule has 0 heterocycles. The number of amides is 1. The van der Waals surface area contributed by atoms with Crippen LogP contribution in [-0.4, -0.2) is 13.0 Å². The van der Waals surface area contributed by atoms with Gasteiger partial charge in [0.1, 0.15) is 12.4 Å². The molecule has 0 saturated carbocycles. The highest BCUT2D eigenvalue weighted by Crippen LogP contribution is 2.29. The Morgan fingerprint density at radius 1 is 1.04 bits per heavy atom. The third-order valence-corrected chi connectivity index (χ3v) is 4.34. The summed E-state index contributed by atoms with van der Waals surface area (Å²) in [5.74, 6) is 0.326. The van der Waals surface area contributed by atoms with Crippen molar-refractivity contribution >= 4 is 27.5 Å². The van der Waals surface area contributed by atoms with Crippen molar-refractivity contribution in [3.8, 4) is 11.5 Å². The van der Waals surface area contributed by atoms with E-state index in [1.165, 1.54) is 19.2 Å². The zero-order chi connectivity index (χ0) is 19.2. The summed E-state index contributed by atoms with van der Waals surface area (Å²) in [5.41, 5.74) is 1.83. The molecular formula is C21H17BrFNO3. The average Bonchev–Trinajstić information content (AvgIpc) is 2.68. The van der Waals surface area contributed by atoms with Crippen LogP contribution in [0.4, 0.5) is 10.1 Å². The summed E-state index contributed by atoms with van der Waals surface area (Å²) in [4.78, 5) is 12.4. The number of hydrogen-bond donors (Lipinski definition) is 1. The standard InChI is InChI=1S/C21H17BrFNO3/c1-26-20-12-15(21(25)24-18-8-6-16(22)7-9-18)5-10-19(20)27-13-14-3-2-4-17(23)11-14/h2-12H,13H2,1H3,(H,24,25). The third-order valence-electron chi connectivity index (χ3n) is 3.81. The zero-order valence-electron chi connectivity index (χ0n) is 14.5. The molecular weight excluding hydrogens is 413 g/mol. The highest BCUT2D eigenvalue weighted by molar-refractivity contribution is 9.10. The molecule has 0 unspecified atom stereocenters. The van der Waals surface area contributed by atoms with Crippen molar-refractivity contribution in [3.63, 3.8) is 0 Å². The van der Waals surface area contributed by atoms with Gasteiger partial charge in [-0.25, -0.2) is 4.39 Å². The Labute approximate surface area is 165 Å². The van der Waals surface area contributed by atoms with Gasteiger partial charge in [-0.05, 0) is 60.2 Å². The topological polar surface area (TPSA) is 47.6 Å². The van der Waals surface area contributed by atoms with E-state index in [9.17, 15) is 9.18 Å². The highest BCUT2D eigenvalue weighted by Gasteiger charge is 2.12. The molecule has 0 spiro atoms. The molecule has 3 aromatic rings. The van der Waals surface area contributed by atoms with E-state index in [2.05, 4.69) is 21.2 Å². The monoisotopic (exact) mass is 429 g/mol. The average molecular weight is 430 g/mol. The van der Waals surface area contributed by atoms with Crippen molar-refractivity contribution < 1.29 is 18.7 Å². The summed E-state index contributed by atoms with van der Waals surface area (Å²) >= 11 is 3.35. The Hall–Kier alpha value is -2.86. The first kappa shape index (κ1) is 18.9. The Morgan fingerprint density at radius 2 is 1.81 bits per heavy atom. The van der Waals surface area contributed by atoms with Crippen molar-refractivity contribution in [2.75, 3.05) is 12.4 Å². The summed E-state index contributed by atoms with van der Waals surface area (Å²) in [6, 6.07) is 18.4. The van der Waals surface area contributed by atoms with E-state index in [0.29, 0.717) is 28.3 Å². The maximum absolute atomic E-state index is 13.3. The molecule has 0 fully saturated rings. The second kappa shape index (κ2) is 8.68. The minimum atomic E-state index is -0.317. The lowest BCUT2D eigenvalue weighted by atomic mass is 10.1. The van der Waals surface area contributed by atoms with Crippen LogP contribution in [0.25, 0.3) is 0 Å². The number of halogens is 2. The van der Waals surface area contributed by atoms with E-state index < -0.39 is 0 Å². The minimum Gasteiger partial charge on any atom is -0.493 e. The van der Waals surface area contributed by atoms with Crippen LogP contribution in [0.1, 0.15) is 15.9 Å². The maximum Gasteiger partial charge on any atom is 0.255 e. The van der Waals surface area contributed by atoms with Gasteiger partial charge in [0.2, 0.25) is 0 Å². The van der Waals surface area contributed by atoms with Crippen molar-refractivity contribution in [1.29, 1.82) is 0 Å². The second-order valence-corrected chi connectivity index (χ2v) is 6.66. The number of carbonyl (C=O) groups is 1. The van der Waals surface area contributed by atoms with Crippen LogP contribution in [0.15, 0.2) is 71.2 Å². The third kappa shape index (κ3) is 5.08. The van der Waals surface area contributed by atoms with Crippen molar-refractivity contribution in [3.05, 3.63) is 88.1 Å². The summed E-state index contributed by atoms with van der Waals surface area (Å²) in [5, 5.41) is 2.82. The lowest BCUT2D eigenvalue weighted by Gasteiger charge is -2.12. The van der Waals surface area contributed by atoms with Crippen LogP contribution in [0, 0.1) is 5.82 Å². The van der Waals surface area contributed by atoms with Crippen molar-refractivity contribution in [2.24, 2.45) is 0 Å². The molecule has 4 nitrogen and oxygen atoms in total. The predicted octanol–water partition coefficient (Wildman–Crippen LogP) is 5.43. The van der Waals surface area contributed by atoms with Gasteiger partial charge in [0.15, 0.2) is 11.5 Å². The first-order valence-corrected chi connectivity index (χ1v) is 8.96. The van der Waals surface area contributed by atoms with Gasteiger partial charge < -0.3 is 14.8 Å². The van der Waals surface area contributed by atoms with Crippen LogP contribution < -0.4 is 14.8 Å². The summed E-state index contributed by atoms with van der Waals surface area (Å²) < 4.78 is 25.2. The number of hydrogen-bond acceptors (Lipinski definition) is 3. The molecule has 0 aliphatic carbocycles. The van der Waals surface area contributed by atoms with Gasteiger partial charge in [0.05, 0.1) is 7.11 Å². The molecule has 6 heteroatoms. The number of anilines is 1. The first-order chi connectivity index (χ1) is 13.0. The van der Waals surface area contributed by atoms with Gasteiger partial charge in [-0.15, -0.1) is 0 Å². The molecule has 0 atom stereocenters. The molecule has 1 amide bonds. The van der Waals surface area contributed by atoms with Gasteiger partial charge in [0.25, 0.3) is 5.91 Å². The Kier molecular flexibility index (Phi) is 6.08. The van der Waals surface area contributed by atoms with Crippen LogP contribution in [0.5, 0.6) is 11.5 Å². The molecule has 1 N–H and O–H groups in total. The lowest BCUT2D eigenvalue weighted by molar-refractivity contribution is 0.102. The summed E-state index contributed by atoms with van der Waals surface area (Å²) in [7, 11) is 1.50. The Morgan fingerprint density at radius 3 is 2.52 bits per heavy atom. The van der Waals surface area contributed by atoms with Gasteiger partial charge in [0, 0.05) is 15.7 Å². The molecule has 0 radical (unpaired) electrons. The fourth-order valence-corrected chi connectivity index (χ4v) is 2.72. The van der Waals surface area contributed by atoms with E-state index in [4.69, 9.17) is 9.47 Å². The number of rotatable bonds is 6. The summed E-state index contributed by atoms with van der Waals surface area (Å²) in [6.07, 6.45) is 0. The molecule has 27 heavy (non-hydrogen) atoms. The van der Waals surface area contributed by atoms with E-state index in [-0.39, 0.29) is 18.3 Å². The van der Waals surface area contributed by atoms with Gasteiger partial charge >= 0.3 is 0 Å². The normalized spacial score (nSPS) is 10.3. The van der Waals surface area contributed by atoms with Crippen LogP contribution in [0.2, 0.25) is 0 Å². The molecule has 0 aromatic heterocycles. The predicted molar refractivity (Wildman–Crippen MR) is 106 cm³/mol. The Bertz CT molecular complexity index is 944. The fourth-order valence-electron chi connectivity index (χ4n) is 2.45. The van der Waals surface area contributed by atoms with Gasteiger partial charge in [-0.1, -0.05) is 28.1 Å². The van der Waals surface area contributed by atoms with E-state index in [1.54, 1.807) is 42.5 Å². The highest BCUT2D eigenvalue weighted by atomic mass is 79.9. The zero-order valence-corrected chi connectivity index (χ0v) is 16.1. The van der Waals surface area contributed by atoms with E-state index in [1.807, 2.05) is 12.1 Å². The summed E-state index contributed by atoms with van der Waals surface area (Å²) in [6.45, 7) is 0.193. The maximum atomic E-state index is 13.3. The smallest absolute Gasteiger partial charge is 0.255 e. The van der Waals surface area contributed by atoms with Crippen LogP contribution in [-0.2, 0) is 6.61 Å². The van der Waals surface area contributed by atoms with E-state index in [0.717, 1.165) is 4.47 Å². The van der Waals surface area contributed by atoms with Crippen molar-refractivity contribution in [2.45, 2.75) is 6.61 Å². The molecule has 0 aliphatic rings. The SMILES string of the molecule is COc1cc(C(=O)Nc2ccc(Br)cc2)ccc1OCc1cccc(F)c1.